The summed E-state index contributed by atoms with van der Waals surface area (Å²) in [7, 11) is 3.42. The Kier molecular flexibility index (Phi) is 6.06. The van der Waals surface area contributed by atoms with Gasteiger partial charge < -0.3 is 19.6 Å². The van der Waals surface area contributed by atoms with Crippen LogP contribution < -0.4 is 21.5 Å². The number of amides is 2. The number of aromatic nitrogens is 3. The highest BCUT2D eigenvalue weighted by Crippen LogP contribution is 2.29. The summed E-state index contributed by atoms with van der Waals surface area (Å²) in [5.41, 5.74) is 1.45. The predicted octanol–water partition coefficient (Wildman–Crippen LogP) is 5.02. The van der Waals surface area contributed by atoms with Gasteiger partial charge in [-0.25, -0.2) is 19.2 Å². The second kappa shape index (κ2) is 8.86. The van der Waals surface area contributed by atoms with E-state index < -0.39 is 11.8 Å². The van der Waals surface area contributed by atoms with Crippen LogP contribution in [0.5, 0.6) is 0 Å². The number of fused-ring (bicyclic) bond motifs is 1. The zero-order valence-electron chi connectivity index (χ0n) is 20.4. The summed E-state index contributed by atoms with van der Waals surface area (Å²) >= 11 is 0. The molecular weight excluding hydrogens is 451 g/mol. The molecule has 0 aliphatic rings. The van der Waals surface area contributed by atoms with Gasteiger partial charge in [-0.15, -0.1) is 0 Å². The molecule has 35 heavy (non-hydrogen) atoms. The van der Waals surface area contributed by atoms with E-state index in [1.807, 2.05) is 20.8 Å². The molecule has 4 rings (SSSR count). The van der Waals surface area contributed by atoms with E-state index in [0.717, 1.165) is 5.39 Å². The molecule has 0 aliphatic heterocycles. The number of hydrogen-bond acceptors (Lipinski definition) is 6. The topological polar surface area (TPSA) is 114 Å². The van der Waals surface area contributed by atoms with Crippen molar-refractivity contribution in [2.75, 3.05) is 23.0 Å². The standard InChI is InChI=1S/C25H27FN6O3/c1-13-7-17(26)18(30-24(34)31-21-12-29-23(35-21)25(2,3)4)9-15(13)16-8-14-11-28-20(27-5)10-19(14)32(6)22(16)33/h7-12H,1-6H3,(H,27,28)(H2,30,31,34). The Bertz CT molecular complexity index is 1500. The van der Waals surface area contributed by atoms with Gasteiger partial charge in [-0.05, 0) is 36.2 Å². The van der Waals surface area contributed by atoms with E-state index in [0.29, 0.717) is 33.9 Å². The van der Waals surface area contributed by atoms with Crippen LogP contribution in [0, 0.1) is 12.7 Å². The van der Waals surface area contributed by atoms with Crippen LogP contribution in [0.2, 0.25) is 0 Å². The van der Waals surface area contributed by atoms with Crippen molar-refractivity contribution in [3.05, 3.63) is 64.3 Å². The van der Waals surface area contributed by atoms with Crippen LogP contribution in [-0.2, 0) is 12.5 Å². The number of urea groups is 1. The Balaban J connectivity index is 1.67. The van der Waals surface area contributed by atoms with Crippen molar-refractivity contribution in [2.24, 2.45) is 7.05 Å². The van der Waals surface area contributed by atoms with Gasteiger partial charge in [0, 0.05) is 42.7 Å². The van der Waals surface area contributed by atoms with Crippen LogP contribution in [0.3, 0.4) is 0 Å². The lowest BCUT2D eigenvalue weighted by Gasteiger charge is -2.14. The minimum absolute atomic E-state index is 0.0792. The maximum atomic E-state index is 14.7. The molecule has 4 aromatic rings. The van der Waals surface area contributed by atoms with Crippen LogP contribution in [0.25, 0.3) is 22.0 Å². The first-order chi connectivity index (χ1) is 16.5. The molecule has 0 atom stereocenters. The lowest BCUT2D eigenvalue weighted by molar-refractivity contribution is 0.261. The molecule has 0 spiro atoms. The number of hydrogen-bond donors (Lipinski definition) is 3. The minimum Gasteiger partial charge on any atom is -0.424 e. The lowest BCUT2D eigenvalue weighted by Crippen LogP contribution is -2.21. The smallest absolute Gasteiger partial charge is 0.326 e. The fourth-order valence-corrected chi connectivity index (χ4v) is 3.70. The first-order valence-electron chi connectivity index (χ1n) is 11.0. The maximum Gasteiger partial charge on any atom is 0.326 e. The van der Waals surface area contributed by atoms with Crippen molar-refractivity contribution in [2.45, 2.75) is 33.1 Å². The predicted molar refractivity (Wildman–Crippen MR) is 135 cm³/mol. The van der Waals surface area contributed by atoms with Crippen molar-refractivity contribution in [1.82, 2.24) is 14.5 Å². The van der Waals surface area contributed by atoms with Gasteiger partial charge in [0.1, 0.15) is 11.6 Å². The van der Waals surface area contributed by atoms with E-state index in [4.69, 9.17) is 4.42 Å². The average molecular weight is 479 g/mol. The lowest BCUT2D eigenvalue weighted by atomic mass is 9.97. The van der Waals surface area contributed by atoms with E-state index in [2.05, 4.69) is 25.9 Å². The number of nitrogens with zero attached hydrogens (tertiary/aromatic N) is 3. The number of benzene rings is 1. The van der Waals surface area contributed by atoms with Crippen molar-refractivity contribution < 1.29 is 13.6 Å². The first kappa shape index (κ1) is 23.9. The largest absolute Gasteiger partial charge is 0.424 e. The van der Waals surface area contributed by atoms with E-state index in [1.165, 1.54) is 22.9 Å². The quantitative estimate of drug-likeness (QED) is 0.380. The fourth-order valence-electron chi connectivity index (χ4n) is 3.70. The molecule has 3 N–H and O–H groups in total. The summed E-state index contributed by atoms with van der Waals surface area (Å²) in [6.07, 6.45) is 3.06. The maximum absolute atomic E-state index is 14.7. The summed E-state index contributed by atoms with van der Waals surface area (Å²) < 4.78 is 21.8. The molecule has 9 nitrogen and oxygen atoms in total. The highest BCUT2D eigenvalue weighted by molar-refractivity contribution is 5.99. The van der Waals surface area contributed by atoms with E-state index >= 15 is 0 Å². The van der Waals surface area contributed by atoms with Crippen molar-refractivity contribution in [3.63, 3.8) is 0 Å². The van der Waals surface area contributed by atoms with Crippen molar-refractivity contribution >= 4 is 34.3 Å². The number of anilines is 3. The van der Waals surface area contributed by atoms with Gasteiger partial charge in [0.25, 0.3) is 5.56 Å². The number of nitrogens with one attached hydrogen (secondary N) is 3. The molecule has 0 radical (unpaired) electrons. The normalized spacial score (nSPS) is 11.5. The minimum atomic E-state index is -0.703. The Morgan fingerprint density at radius 2 is 1.80 bits per heavy atom. The van der Waals surface area contributed by atoms with Gasteiger partial charge in [-0.2, -0.15) is 0 Å². The van der Waals surface area contributed by atoms with Gasteiger partial charge in [0.15, 0.2) is 0 Å². The molecule has 3 heterocycles. The summed E-state index contributed by atoms with van der Waals surface area (Å²) in [6, 6.07) is 5.53. The molecule has 0 saturated carbocycles. The molecule has 182 valence electrons. The number of halogens is 1. The third-order valence-electron chi connectivity index (χ3n) is 5.60. The number of pyridine rings is 2. The summed E-state index contributed by atoms with van der Waals surface area (Å²) in [6.45, 7) is 7.49. The highest BCUT2D eigenvalue weighted by atomic mass is 19.1. The number of aryl methyl sites for hydroxylation is 2. The third-order valence-corrected chi connectivity index (χ3v) is 5.60. The second-order valence-corrected chi connectivity index (χ2v) is 9.31. The summed E-state index contributed by atoms with van der Waals surface area (Å²) in [5, 5.41) is 8.70. The number of oxazole rings is 1. The highest BCUT2D eigenvalue weighted by Gasteiger charge is 2.21. The van der Waals surface area contributed by atoms with Gasteiger partial charge in [-0.3, -0.25) is 10.1 Å². The number of rotatable bonds is 4. The van der Waals surface area contributed by atoms with E-state index in [-0.39, 0.29) is 22.5 Å². The van der Waals surface area contributed by atoms with Crippen LogP contribution in [0.1, 0.15) is 32.2 Å². The fraction of sp³-hybridized carbons (Fsp3) is 0.280. The average Bonchev–Trinajstić information content (AvgIpc) is 3.27. The zero-order chi connectivity index (χ0) is 25.5. The Labute approximate surface area is 201 Å². The molecular formula is C25H27FN6O3. The van der Waals surface area contributed by atoms with Crippen LogP contribution in [0.4, 0.5) is 26.6 Å². The molecule has 0 bridgehead atoms. The zero-order valence-corrected chi connectivity index (χ0v) is 20.4. The van der Waals surface area contributed by atoms with Crippen LogP contribution in [0.15, 0.2) is 45.9 Å². The Morgan fingerprint density at radius 3 is 2.46 bits per heavy atom. The summed E-state index contributed by atoms with van der Waals surface area (Å²) in [5.74, 6) is 0.599. The van der Waals surface area contributed by atoms with Gasteiger partial charge in [0.05, 0.1) is 17.4 Å². The number of carbonyl (C=O) groups is 1. The van der Waals surface area contributed by atoms with E-state index in [9.17, 15) is 14.0 Å². The molecule has 0 unspecified atom stereocenters. The van der Waals surface area contributed by atoms with Gasteiger partial charge in [-0.1, -0.05) is 20.8 Å². The van der Waals surface area contributed by atoms with Crippen LogP contribution >= 0.6 is 0 Å². The van der Waals surface area contributed by atoms with E-state index in [1.54, 1.807) is 39.3 Å². The SMILES string of the molecule is CNc1cc2c(cn1)cc(-c1cc(NC(=O)Nc3cnc(C(C)(C)C)o3)c(F)cc1C)c(=O)n2C. The van der Waals surface area contributed by atoms with Crippen molar-refractivity contribution in [1.29, 1.82) is 0 Å². The molecule has 0 fully saturated rings. The molecule has 1 aromatic carbocycles. The van der Waals surface area contributed by atoms with Gasteiger partial charge in [0.2, 0.25) is 11.8 Å². The second-order valence-electron chi connectivity index (χ2n) is 9.31. The van der Waals surface area contributed by atoms with Gasteiger partial charge >= 0.3 is 6.03 Å². The first-order valence-corrected chi connectivity index (χ1v) is 11.0. The number of carbonyl (C=O) groups excluding carboxylic acids is 1. The summed E-state index contributed by atoms with van der Waals surface area (Å²) in [4.78, 5) is 34.2. The monoisotopic (exact) mass is 478 g/mol. The van der Waals surface area contributed by atoms with Crippen LogP contribution in [-0.4, -0.2) is 27.6 Å². The molecule has 0 saturated heterocycles. The molecule has 2 amide bonds. The van der Waals surface area contributed by atoms with Crippen molar-refractivity contribution in [3.8, 4) is 11.1 Å². The Morgan fingerprint density at radius 1 is 1.06 bits per heavy atom. The molecule has 10 heteroatoms. The molecule has 3 aromatic heterocycles. The Hall–Kier alpha value is -4.21. The third kappa shape index (κ3) is 4.72. The molecule has 0 aliphatic carbocycles.